The van der Waals surface area contributed by atoms with Gasteiger partial charge in [-0.1, -0.05) is 47.5 Å². The molecule has 3 heteroatoms. The maximum Gasteiger partial charge on any atom is 0.169 e. The van der Waals surface area contributed by atoms with Crippen molar-refractivity contribution in [3.05, 3.63) is 34.3 Å². The molecule has 0 radical (unpaired) electrons. The quantitative estimate of drug-likeness (QED) is 0.787. The number of benzene rings is 1. The van der Waals surface area contributed by atoms with Crippen molar-refractivity contribution in [1.82, 2.24) is 0 Å². The standard InChI is InChI=1S/C17H23BrO2/c1-3-20-17(10-6-7-13(2)12-17)16(19)11-14-8-4-5-9-15(14)18/h4-5,8-9,13H,3,6-7,10-12H2,1-2H3. The van der Waals surface area contributed by atoms with Gasteiger partial charge in [0.15, 0.2) is 5.78 Å². The zero-order valence-corrected chi connectivity index (χ0v) is 13.9. The van der Waals surface area contributed by atoms with Crippen LogP contribution in [0, 0.1) is 5.92 Å². The molecule has 0 amide bonds. The summed E-state index contributed by atoms with van der Waals surface area (Å²) in [4.78, 5) is 12.8. The van der Waals surface area contributed by atoms with E-state index in [0.29, 0.717) is 18.9 Å². The lowest BCUT2D eigenvalue weighted by Gasteiger charge is -2.38. The van der Waals surface area contributed by atoms with E-state index in [1.54, 1.807) is 0 Å². The van der Waals surface area contributed by atoms with Gasteiger partial charge in [0.1, 0.15) is 5.60 Å². The minimum absolute atomic E-state index is 0.234. The highest BCUT2D eigenvalue weighted by atomic mass is 79.9. The number of hydrogen-bond donors (Lipinski definition) is 0. The van der Waals surface area contributed by atoms with Crippen molar-refractivity contribution in [3.8, 4) is 0 Å². The fourth-order valence-electron chi connectivity index (χ4n) is 3.22. The van der Waals surface area contributed by atoms with Gasteiger partial charge in [-0.2, -0.15) is 0 Å². The van der Waals surface area contributed by atoms with Gasteiger partial charge in [0.05, 0.1) is 0 Å². The summed E-state index contributed by atoms with van der Waals surface area (Å²) in [7, 11) is 0. The molecule has 1 aliphatic carbocycles. The summed E-state index contributed by atoms with van der Waals surface area (Å²) < 4.78 is 6.95. The predicted molar refractivity (Wildman–Crippen MR) is 84.8 cm³/mol. The van der Waals surface area contributed by atoms with Crippen LogP contribution in [0.25, 0.3) is 0 Å². The van der Waals surface area contributed by atoms with Crippen LogP contribution in [0.1, 0.15) is 45.1 Å². The van der Waals surface area contributed by atoms with Crippen molar-refractivity contribution in [2.75, 3.05) is 6.61 Å². The molecule has 1 aromatic carbocycles. The second kappa shape index (κ2) is 6.86. The van der Waals surface area contributed by atoms with E-state index in [9.17, 15) is 4.79 Å². The molecule has 2 unspecified atom stereocenters. The third-order valence-corrected chi connectivity index (χ3v) is 4.97. The first-order valence-corrected chi connectivity index (χ1v) is 8.27. The number of carbonyl (C=O) groups excluding carboxylic acids is 1. The zero-order valence-electron chi connectivity index (χ0n) is 12.3. The molecule has 0 bridgehead atoms. The fourth-order valence-corrected chi connectivity index (χ4v) is 3.65. The summed E-state index contributed by atoms with van der Waals surface area (Å²) in [5, 5.41) is 0. The van der Waals surface area contributed by atoms with Crippen LogP contribution in [0.5, 0.6) is 0 Å². The van der Waals surface area contributed by atoms with Gasteiger partial charge in [-0.05, 0) is 43.7 Å². The van der Waals surface area contributed by atoms with Gasteiger partial charge in [-0.25, -0.2) is 0 Å². The molecule has 2 rings (SSSR count). The highest BCUT2D eigenvalue weighted by Crippen LogP contribution is 2.37. The number of ether oxygens (including phenoxy) is 1. The van der Waals surface area contributed by atoms with Gasteiger partial charge in [0.2, 0.25) is 0 Å². The molecule has 110 valence electrons. The van der Waals surface area contributed by atoms with Crippen molar-refractivity contribution >= 4 is 21.7 Å². The Kier molecular flexibility index (Phi) is 5.39. The van der Waals surface area contributed by atoms with E-state index >= 15 is 0 Å². The molecule has 0 N–H and O–H groups in total. The molecule has 20 heavy (non-hydrogen) atoms. The molecular weight excluding hydrogens is 316 g/mol. The Hall–Kier alpha value is -0.670. The van der Waals surface area contributed by atoms with Crippen LogP contribution in [-0.4, -0.2) is 18.0 Å². The summed E-state index contributed by atoms with van der Waals surface area (Å²) in [6.45, 7) is 4.81. The minimum atomic E-state index is -0.554. The molecule has 0 spiro atoms. The lowest BCUT2D eigenvalue weighted by atomic mass is 9.75. The number of rotatable bonds is 5. The van der Waals surface area contributed by atoms with E-state index in [4.69, 9.17) is 4.74 Å². The SMILES string of the molecule is CCOC1(C(=O)Cc2ccccc2Br)CCCC(C)C1. The summed E-state index contributed by atoms with van der Waals surface area (Å²) in [5.74, 6) is 0.802. The highest BCUT2D eigenvalue weighted by molar-refractivity contribution is 9.10. The molecule has 1 fully saturated rings. The molecule has 2 atom stereocenters. The first-order valence-electron chi connectivity index (χ1n) is 7.48. The Morgan fingerprint density at radius 3 is 2.85 bits per heavy atom. The molecule has 0 aromatic heterocycles. The minimum Gasteiger partial charge on any atom is -0.367 e. The average molecular weight is 339 g/mol. The molecule has 0 heterocycles. The lowest BCUT2D eigenvalue weighted by Crippen LogP contribution is -2.46. The van der Waals surface area contributed by atoms with E-state index in [0.717, 1.165) is 29.3 Å². The third kappa shape index (κ3) is 3.50. The fraction of sp³-hybridized carbons (Fsp3) is 0.588. The summed E-state index contributed by atoms with van der Waals surface area (Å²) in [6.07, 6.45) is 4.48. The van der Waals surface area contributed by atoms with Gasteiger partial charge in [-0.15, -0.1) is 0 Å². The monoisotopic (exact) mass is 338 g/mol. The van der Waals surface area contributed by atoms with Gasteiger partial charge < -0.3 is 4.74 Å². The van der Waals surface area contributed by atoms with Crippen molar-refractivity contribution < 1.29 is 9.53 Å². The van der Waals surface area contributed by atoms with Crippen molar-refractivity contribution in [2.24, 2.45) is 5.92 Å². The van der Waals surface area contributed by atoms with Gasteiger partial charge >= 0.3 is 0 Å². The highest BCUT2D eigenvalue weighted by Gasteiger charge is 2.41. The molecule has 0 saturated heterocycles. The van der Waals surface area contributed by atoms with E-state index in [2.05, 4.69) is 22.9 Å². The molecule has 1 aromatic rings. The predicted octanol–water partition coefficient (Wildman–Crippen LogP) is 4.55. The smallest absolute Gasteiger partial charge is 0.169 e. The third-order valence-electron chi connectivity index (χ3n) is 4.19. The van der Waals surface area contributed by atoms with Crippen LogP contribution in [-0.2, 0) is 16.0 Å². The first-order chi connectivity index (χ1) is 9.57. The maximum atomic E-state index is 12.8. The Morgan fingerprint density at radius 2 is 2.20 bits per heavy atom. The van der Waals surface area contributed by atoms with Crippen LogP contribution in [0.4, 0.5) is 0 Å². The Bertz CT molecular complexity index is 468. The normalized spacial score (nSPS) is 26.4. The number of Topliss-reactive ketones (excluding diaryl/α,β-unsaturated/α-hetero) is 1. The van der Waals surface area contributed by atoms with Crippen LogP contribution in [0.15, 0.2) is 28.7 Å². The molecular formula is C17H23BrO2. The van der Waals surface area contributed by atoms with Crippen molar-refractivity contribution in [2.45, 2.75) is 51.6 Å². The average Bonchev–Trinajstić information content (AvgIpc) is 2.41. The van der Waals surface area contributed by atoms with Crippen LogP contribution in [0.3, 0.4) is 0 Å². The van der Waals surface area contributed by atoms with Gasteiger partial charge in [-0.3, -0.25) is 4.79 Å². The van der Waals surface area contributed by atoms with E-state index in [-0.39, 0.29) is 5.78 Å². The van der Waals surface area contributed by atoms with Crippen LogP contribution >= 0.6 is 15.9 Å². The van der Waals surface area contributed by atoms with E-state index in [1.807, 2.05) is 31.2 Å². The molecule has 1 aliphatic rings. The molecule has 1 saturated carbocycles. The summed E-state index contributed by atoms with van der Waals surface area (Å²) >= 11 is 3.52. The molecule has 0 aliphatic heterocycles. The van der Waals surface area contributed by atoms with Crippen LogP contribution < -0.4 is 0 Å². The zero-order chi connectivity index (χ0) is 14.6. The lowest BCUT2D eigenvalue weighted by molar-refractivity contribution is -0.150. The second-order valence-electron chi connectivity index (χ2n) is 5.82. The van der Waals surface area contributed by atoms with E-state index < -0.39 is 5.60 Å². The van der Waals surface area contributed by atoms with Crippen LogP contribution in [0.2, 0.25) is 0 Å². The Balaban J connectivity index is 2.17. The Labute approximate surface area is 130 Å². The van der Waals surface area contributed by atoms with Crippen molar-refractivity contribution in [3.63, 3.8) is 0 Å². The first kappa shape index (κ1) is 15.7. The number of hydrogen-bond acceptors (Lipinski definition) is 2. The Morgan fingerprint density at radius 1 is 1.45 bits per heavy atom. The van der Waals surface area contributed by atoms with Gasteiger partial charge in [0.25, 0.3) is 0 Å². The van der Waals surface area contributed by atoms with Gasteiger partial charge in [0, 0.05) is 17.5 Å². The topological polar surface area (TPSA) is 26.3 Å². The number of halogens is 1. The number of carbonyl (C=O) groups is 1. The molecule has 2 nitrogen and oxygen atoms in total. The van der Waals surface area contributed by atoms with Crippen molar-refractivity contribution in [1.29, 1.82) is 0 Å². The summed E-state index contributed by atoms with van der Waals surface area (Å²) in [5.41, 5.74) is 0.497. The maximum absolute atomic E-state index is 12.8. The second-order valence-corrected chi connectivity index (χ2v) is 6.67. The summed E-state index contributed by atoms with van der Waals surface area (Å²) in [6, 6.07) is 7.94. The number of ketones is 1. The largest absolute Gasteiger partial charge is 0.367 e. The van der Waals surface area contributed by atoms with E-state index in [1.165, 1.54) is 6.42 Å².